The Bertz CT molecular complexity index is 781. The molecule has 4 nitrogen and oxygen atoms in total. The van der Waals surface area contributed by atoms with Crippen molar-refractivity contribution in [3.63, 3.8) is 0 Å². The summed E-state index contributed by atoms with van der Waals surface area (Å²) < 4.78 is 0. The lowest BCUT2D eigenvalue weighted by Crippen LogP contribution is -2.47. The van der Waals surface area contributed by atoms with Gasteiger partial charge >= 0.3 is 0 Å². The van der Waals surface area contributed by atoms with E-state index in [1.54, 1.807) is 5.56 Å². The highest BCUT2D eigenvalue weighted by atomic mass is 32.2. The second kappa shape index (κ2) is 8.84. The van der Waals surface area contributed by atoms with Crippen LogP contribution >= 0.6 is 11.8 Å². The van der Waals surface area contributed by atoms with Crippen molar-refractivity contribution in [2.24, 2.45) is 4.99 Å². The second-order valence-corrected chi connectivity index (χ2v) is 11.6. The number of aliphatic hydroxyl groups is 1. The molecule has 30 heavy (non-hydrogen) atoms. The summed E-state index contributed by atoms with van der Waals surface area (Å²) in [6.45, 7) is 15.4. The fourth-order valence-electron chi connectivity index (χ4n) is 5.13. The number of rotatable bonds is 5. The van der Waals surface area contributed by atoms with Crippen LogP contribution in [0.2, 0.25) is 0 Å². The molecule has 0 radical (unpaired) electrons. The Morgan fingerprint density at radius 2 is 1.70 bits per heavy atom. The molecular formula is C25H39N3OS. The van der Waals surface area contributed by atoms with Crippen molar-refractivity contribution in [3.8, 4) is 0 Å². The minimum atomic E-state index is 0.255. The predicted molar refractivity (Wildman–Crippen MR) is 129 cm³/mol. The first-order valence-corrected chi connectivity index (χ1v) is 12.7. The number of benzene rings is 1. The smallest absolute Gasteiger partial charge is 0.160 e. The Morgan fingerprint density at radius 1 is 1.00 bits per heavy atom. The Morgan fingerprint density at radius 3 is 2.40 bits per heavy atom. The van der Waals surface area contributed by atoms with E-state index < -0.39 is 0 Å². The molecule has 3 aliphatic rings. The molecule has 1 unspecified atom stereocenters. The molecule has 0 amide bonds. The first-order chi connectivity index (χ1) is 14.3. The Balaban J connectivity index is 1.43. The average Bonchev–Trinajstić information content (AvgIpc) is 3.22. The molecule has 0 bridgehead atoms. The van der Waals surface area contributed by atoms with Gasteiger partial charge in [-0.2, -0.15) is 0 Å². The molecule has 0 saturated carbocycles. The third-order valence-electron chi connectivity index (χ3n) is 7.42. The molecule has 1 aliphatic carbocycles. The van der Waals surface area contributed by atoms with E-state index in [-0.39, 0.29) is 10.8 Å². The average molecular weight is 430 g/mol. The third kappa shape index (κ3) is 4.58. The summed E-state index contributed by atoms with van der Waals surface area (Å²) >= 11 is 1.94. The zero-order valence-electron chi connectivity index (χ0n) is 19.3. The molecule has 166 valence electrons. The van der Waals surface area contributed by atoms with Gasteiger partial charge in [-0.3, -0.25) is 9.89 Å². The van der Waals surface area contributed by atoms with Gasteiger partial charge in [0.25, 0.3) is 0 Å². The predicted octanol–water partition coefficient (Wildman–Crippen LogP) is 4.57. The van der Waals surface area contributed by atoms with Crippen molar-refractivity contribution in [1.29, 1.82) is 0 Å². The van der Waals surface area contributed by atoms with Gasteiger partial charge in [0.15, 0.2) is 5.17 Å². The number of unbranched alkanes of at least 4 members (excludes halogenated alkanes) is 1. The number of nitrogens with zero attached hydrogens (tertiary/aromatic N) is 3. The van der Waals surface area contributed by atoms with E-state index >= 15 is 0 Å². The van der Waals surface area contributed by atoms with Crippen LogP contribution in [-0.2, 0) is 10.8 Å². The van der Waals surface area contributed by atoms with Gasteiger partial charge in [-0.15, -0.1) is 0 Å². The topological polar surface area (TPSA) is 39.1 Å². The largest absolute Gasteiger partial charge is 0.396 e. The maximum Gasteiger partial charge on any atom is 0.160 e. The highest BCUT2D eigenvalue weighted by Gasteiger charge is 2.37. The van der Waals surface area contributed by atoms with E-state index in [0.29, 0.717) is 12.6 Å². The highest BCUT2D eigenvalue weighted by molar-refractivity contribution is 8.14. The molecule has 0 spiro atoms. The molecule has 5 heteroatoms. The van der Waals surface area contributed by atoms with E-state index in [9.17, 15) is 0 Å². The van der Waals surface area contributed by atoms with Crippen molar-refractivity contribution in [2.75, 3.05) is 45.1 Å². The first-order valence-electron chi connectivity index (χ1n) is 11.7. The quantitative estimate of drug-likeness (QED) is 0.696. The second-order valence-electron chi connectivity index (χ2n) is 10.6. The van der Waals surface area contributed by atoms with Gasteiger partial charge in [0.05, 0.1) is 6.04 Å². The van der Waals surface area contributed by atoms with Crippen LogP contribution in [-0.4, -0.2) is 65.2 Å². The molecular weight excluding hydrogens is 390 g/mol. The zero-order valence-corrected chi connectivity index (χ0v) is 20.1. The molecule has 1 atom stereocenters. The Labute approximate surface area is 187 Å². The van der Waals surface area contributed by atoms with Crippen LogP contribution in [0.5, 0.6) is 0 Å². The molecule has 1 fully saturated rings. The first kappa shape index (κ1) is 22.2. The van der Waals surface area contributed by atoms with Crippen molar-refractivity contribution in [1.82, 2.24) is 9.80 Å². The fraction of sp³-hybridized carbons (Fsp3) is 0.720. The number of thioether (sulfide) groups is 1. The summed E-state index contributed by atoms with van der Waals surface area (Å²) in [6.07, 6.45) is 4.53. The monoisotopic (exact) mass is 429 g/mol. The minimum Gasteiger partial charge on any atom is -0.396 e. The minimum absolute atomic E-state index is 0.255. The Kier molecular flexibility index (Phi) is 6.53. The number of fused-ring (bicyclic) bond motifs is 1. The standard InChI is InChI=1S/C25H39N3OS/c1-24(2)9-10-25(3,4)21-17-19(7-8-20(21)24)22-18-30-23(26-22)28-14-12-27(13-15-28)11-5-6-16-29/h7-8,17,22,29H,5-6,9-16,18H2,1-4H3. The van der Waals surface area contributed by atoms with Crippen molar-refractivity contribution in [3.05, 3.63) is 34.9 Å². The molecule has 2 aliphatic heterocycles. The van der Waals surface area contributed by atoms with Gasteiger partial charge in [-0.05, 0) is 59.7 Å². The highest BCUT2D eigenvalue weighted by Crippen LogP contribution is 2.47. The molecule has 1 saturated heterocycles. The van der Waals surface area contributed by atoms with Gasteiger partial charge < -0.3 is 10.0 Å². The van der Waals surface area contributed by atoms with Crippen LogP contribution in [0.1, 0.15) is 76.1 Å². The van der Waals surface area contributed by atoms with Gasteiger partial charge in [0.1, 0.15) is 0 Å². The van der Waals surface area contributed by atoms with E-state index in [1.807, 2.05) is 11.8 Å². The summed E-state index contributed by atoms with van der Waals surface area (Å²) in [4.78, 5) is 10.2. The SMILES string of the molecule is CC1(C)CCC(C)(C)c2cc(C3CSC(N4CCN(CCCCO)CC4)=N3)ccc21. The third-order valence-corrected chi connectivity index (χ3v) is 8.53. The molecule has 4 rings (SSSR count). The van der Waals surface area contributed by atoms with E-state index in [1.165, 1.54) is 29.1 Å². The number of aliphatic imine (C=N–C) groups is 1. The fourth-order valence-corrected chi connectivity index (χ4v) is 6.27. The molecule has 1 N–H and O–H groups in total. The van der Waals surface area contributed by atoms with Crippen LogP contribution in [0.25, 0.3) is 0 Å². The number of hydrogen-bond donors (Lipinski definition) is 1. The summed E-state index contributed by atoms with van der Waals surface area (Å²) in [7, 11) is 0. The maximum absolute atomic E-state index is 8.97. The molecule has 0 aromatic heterocycles. The summed E-state index contributed by atoms with van der Waals surface area (Å²) in [5.41, 5.74) is 5.01. The van der Waals surface area contributed by atoms with E-state index in [0.717, 1.165) is 51.3 Å². The molecule has 1 aromatic rings. The van der Waals surface area contributed by atoms with Crippen molar-refractivity contribution >= 4 is 16.9 Å². The summed E-state index contributed by atoms with van der Waals surface area (Å²) in [5, 5.41) is 10.2. The van der Waals surface area contributed by atoms with Crippen LogP contribution in [0, 0.1) is 0 Å². The van der Waals surface area contributed by atoms with E-state index in [2.05, 4.69) is 55.7 Å². The lowest BCUT2D eigenvalue weighted by molar-refractivity contribution is 0.176. The van der Waals surface area contributed by atoms with E-state index in [4.69, 9.17) is 10.1 Å². The van der Waals surface area contributed by atoms with Crippen molar-refractivity contribution in [2.45, 2.75) is 70.3 Å². The number of piperazine rings is 1. The lowest BCUT2D eigenvalue weighted by Gasteiger charge is -2.42. The Hall–Kier alpha value is -1.04. The molecule has 1 aromatic carbocycles. The van der Waals surface area contributed by atoms with Crippen LogP contribution in [0.4, 0.5) is 0 Å². The van der Waals surface area contributed by atoms with Gasteiger partial charge in [0, 0.05) is 38.5 Å². The number of hydrogen-bond acceptors (Lipinski definition) is 5. The molecule has 2 heterocycles. The zero-order chi connectivity index (χ0) is 21.4. The van der Waals surface area contributed by atoms with Crippen LogP contribution in [0.15, 0.2) is 23.2 Å². The number of aliphatic hydroxyl groups excluding tert-OH is 1. The van der Waals surface area contributed by atoms with Crippen LogP contribution in [0.3, 0.4) is 0 Å². The summed E-state index contributed by atoms with van der Waals surface area (Å²) in [5.74, 6) is 1.06. The van der Waals surface area contributed by atoms with Crippen molar-refractivity contribution < 1.29 is 5.11 Å². The maximum atomic E-state index is 8.97. The summed E-state index contributed by atoms with van der Waals surface area (Å²) in [6, 6.07) is 7.51. The van der Waals surface area contributed by atoms with Gasteiger partial charge in [0.2, 0.25) is 0 Å². The van der Waals surface area contributed by atoms with Gasteiger partial charge in [-0.1, -0.05) is 57.7 Å². The number of amidine groups is 1. The van der Waals surface area contributed by atoms with Crippen LogP contribution < -0.4 is 0 Å². The normalized spacial score (nSPS) is 25.8. The lowest BCUT2D eigenvalue weighted by atomic mass is 9.63. The van der Waals surface area contributed by atoms with Gasteiger partial charge in [-0.25, -0.2) is 0 Å².